The summed E-state index contributed by atoms with van der Waals surface area (Å²) in [6, 6.07) is 3.86. The molecule has 0 saturated heterocycles. The number of aryl methyl sites for hydroxylation is 2. The quantitative estimate of drug-likeness (QED) is 0.626. The zero-order valence-corrected chi connectivity index (χ0v) is 12.8. The van der Waals surface area contributed by atoms with Gasteiger partial charge in [0.05, 0.1) is 0 Å². The number of rotatable bonds is 7. The largest absolute Gasteiger partial charge is 0.355 e. The summed E-state index contributed by atoms with van der Waals surface area (Å²) in [6.45, 7) is 2.58. The maximum absolute atomic E-state index is 11.7. The lowest BCUT2D eigenvalue weighted by atomic mass is 10.1. The molecule has 0 aliphatic heterocycles. The van der Waals surface area contributed by atoms with E-state index in [1.165, 1.54) is 0 Å². The molecule has 0 unspecified atom stereocenters. The van der Waals surface area contributed by atoms with Crippen LogP contribution < -0.4 is 5.32 Å². The zero-order valence-electron chi connectivity index (χ0n) is 11.2. The number of carbonyl (C=O) groups is 1. The van der Waals surface area contributed by atoms with Crippen LogP contribution in [0.25, 0.3) is 0 Å². The first kappa shape index (κ1) is 14.9. The molecule has 0 fully saturated rings. The van der Waals surface area contributed by atoms with Gasteiger partial charge in [0.15, 0.2) is 4.34 Å². The number of pyridine rings is 1. The molecule has 0 spiro atoms. The Morgan fingerprint density at radius 3 is 3.05 bits per heavy atom. The zero-order chi connectivity index (χ0) is 14.2. The van der Waals surface area contributed by atoms with Crippen LogP contribution in [-0.4, -0.2) is 33.4 Å². The Bertz CT molecular complexity index is 544. The van der Waals surface area contributed by atoms with Gasteiger partial charge in [-0.1, -0.05) is 29.2 Å². The lowest BCUT2D eigenvalue weighted by Gasteiger charge is -2.04. The van der Waals surface area contributed by atoms with E-state index in [9.17, 15) is 4.79 Å². The van der Waals surface area contributed by atoms with E-state index in [1.807, 2.05) is 19.1 Å². The van der Waals surface area contributed by atoms with Crippen molar-refractivity contribution >= 4 is 29.0 Å². The summed E-state index contributed by atoms with van der Waals surface area (Å²) in [7, 11) is 0. The third kappa shape index (κ3) is 5.26. The molecule has 0 aromatic carbocycles. The van der Waals surface area contributed by atoms with Crippen molar-refractivity contribution in [1.82, 2.24) is 20.5 Å². The van der Waals surface area contributed by atoms with E-state index in [1.54, 1.807) is 35.5 Å². The molecule has 0 aliphatic carbocycles. The molecule has 0 radical (unpaired) electrons. The van der Waals surface area contributed by atoms with Gasteiger partial charge in [-0.2, -0.15) is 0 Å². The Hall–Kier alpha value is -1.47. The minimum Gasteiger partial charge on any atom is -0.355 e. The minimum absolute atomic E-state index is 0.0721. The van der Waals surface area contributed by atoms with E-state index in [0.29, 0.717) is 13.0 Å². The second-order valence-corrected chi connectivity index (χ2v) is 6.67. The summed E-state index contributed by atoms with van der Waals surface area (Å²) < 4.78 is 0.951. The molecule has 7 heteroatoms. The van der Waals surface area contributed by atoms with Crippen LogP contribution in [0.3, 0.4) is 0 Å². The highest BCUT2D eigenvalue weighted by Crippen LogP contribution is 2.20. The molecule has 0 bridgehead atoms. The summed E-state index contributed by atoms with van der Waals surface area (Å²) in [5, 5.41) is 11.8. The van der Waals surface area contributed by atoms with Crippen LogP contribution in [-0.2, 0) is 11.2 Å². The van der Waals surface area contributed by atoms with Gasteiger partial charge in [0.2, 0.25) is 5.91 Å². The van der Waals surface area contributed by atoms with Crippen molar-refractivity contribution in [1.29, 1.82) is 0 Å². The monoisotopic (exact) mass is 308 g/mol. The summed E-state index contributed by atoms with van der Waals surface area (Å²) in [5.41, 5.74) is 1.08. The van der Waals surface area contributed by atoms with Crippen LogP contribution in [0.15, 0.2) is 28.9 Å². The average Bonchev–Trinajstić information content (AvgIpc) is 2.88. The number of hydrogen-bond donors (Lipinski definition) is 1. The second-order valence-electron chi connectivity index (χ2n) is 4.15. The van der Waals surface area contributed by atoms with Gasteiger partial charge in [0.25, 0.3) is 0 Å². The lowest BCUT2D eigenvalue weighted by Crippen LogP contribution is -2.25. The molecule has 0 saturated carbocycles. The van der Waals surface area contributed by atoms with Gasteiger partial charge in [-0.25, -0.2) is 0 Å². The van der Waals surface area contributed by atoms with E-state index >= 15 is 0 Å². The highest BCUT2D eigenvalue weighted by molar-refractivity contribution is 8.01. The van der Waals surface area contributed by atoms with Gasteiger partial charge < -0.3 is 5.32 Å². The maximum atomic E-state index is 11.7. The molecule has 2 rings (SSSR count). The first-order valence-corrected chi connectivity index (χ1v) is 8.13. The van der Waals surface area contributed by atoms with Gasteiger partial charge in [0.1, 0.15) is 5.01 Å². The second kappa shape index (κ2) is 7.96. The predicted octanol–water partition coefficient (Wildman–Crippen LogP) is 2.08. The first-order valence-electron chi connectivity index (χ1n) is 6.32. The van der Waals surface area contributed by atoms with E-state index < -0.39 is 0 Å². The SMILES string of the molecule is Cc1nnc(SCCNC(=O)CCc2cccnc2)s1. The van der Waals surface area contributed by atoms with Crippen molar-refractivity contribution in [3.8, 4) is 0 Å². The molecule has 2 heterocycles. The van der Waals surface area contributed by atoms with Crippen LogP contribution in [0.2, 0.25) is 0 Å². The van der Waals surface area contributed by atoms with E-state index in [-0.39, 0.29) is 5.91 Å². The Morgan fingerprint density at radius 1 is 1.45 bits per heavy atom. The Labute approximate surface area is 126 Å². The molecule has 5 nitrogen and oxygen atoms in total. The molecular weight excluding hydrogens is 292 g/mol. The summed E-state index contributed by atoms with van der Waals surface area (Å²) in [6.07, 6.45) is 4.74. The van der Waals surface area contributed by atoms with Crippen molar-refractivity contribution in [2.24, 2.45) is 0 Å². The normalized spacial score (nSPS) is 10.4. The molecule has 1 N–H and O–H groups in total. The number of thioether (sulfide) groups is 1. The van der Waals surface area contributed by atoms with Crippen LogP contribution in [0.5, 0.6) is 0 Å². The van der Waals surface area contributed by atoms with Gasteiger partial charge in [0, 0.05) is 31.1 Å². The molecule has 2 aromatic heterocycles. The summed E-state index contributed by atoms with van der Waals surface area (Å²) in [4.78, 5) is 15.7. The standard InChI is InChI=1S/C13H16N4OS2/c1-10-16-17-13(20-10)19-8-7-15-12(18)5-4-11-3-2-6-14-9-11/h2-3,6,9H,4-5,7-8H2,1H3,(H,15,18). The lowest BCUT2D eigenvalue weighted by molar-refractivity contribution is -0.120. The van der Waals surface area contributed by atoms with Crippen LogP contribution in [0.1, 0.15) is 17.0 Å². The smallest absolute Gasteiger partial charge is 0.220 e. The van der Waals surface area contributed by atoms with Crippen molar-refractivity contribution < 1.29 is 4.79 Å². The third-order valence-corrected chi connectivity index (χ3v) is 4.49. The van der Waals surface area contributed by atoms with Gasteiger partial charge >= 0.3 is 0 Å². The number of nitrogens with one attached hydrogen (secondary N) is 1. The summed E-state index contributed by atoms with van der Waals surface area (Å²) in [5.74, 6) is 0.885. The fourth-order valence-electron chi connectivity index (χ4n) is 1.56. The van der Waals surface area contributed by atoms with E-state index in [0.717, 1.165) is 27.1 Å². The fraction of sp³-hybridized carbons (Fsp3) is 0.385. The molecule has 1 amide bonds. The van der Waals surface area contributed by atoms with Crippen molar-refractivity contribution in [2.75, 3.05) is 12.3 Å². The third-order valence-electron chi connectivity index (χ3n) is 2.52. The fourth-order valence-corrected chi connectivity index (χ4v) is 3.30. The highest BCUT2D eigenvalue weighted by atomic mass is 32.2. The number of hydrogen-bond acceptors (Lipinski definition) is 6. The average molecular weight is 308 g/mol. The molecule has 20 heavy (non-hydrogen) atoms. The molecule has 0 atom stereocenters. The number of carbonyl (C=O) groups excluding carboxylic acids is 1. The number of aromatic nitrogens is 3. The van der Waals surface area contributed by atoms with Crippen molar-refractivity contribution in [3.05, 3.63) is 35.1 Å². The van der Waals surface area contributed by atoms with Crippen molar-refractivity contribution in [2.45, 2.75) is 24.1 Å². The maximum Gasteiger partial charge on any atom is 0.220 e. The molecule has 106 valence electrons. The van der Waals surface area contributed by atoms with Crippen LogP contribution in [0.4, 0.5) is 0 Å². The van der Waals surface area contributed by atoms with Crippen LogP contribution >= 0.6 is 23.1 Å². The summed E-state index contributed by atoms with van der Waals surface area (Å²) >= 11 is 3.19. The molecular formula is C13H16N4OS2. The van der Waals surface area contributed by atoms with E-state index in [2.05, 4.69) is 20.5 Å². The highest BCUT2D eigenvalue weighted by Gasteiger charge is 2.03. The van der Waals surface area contributed by atoms with Gasteiger partial charge in [-0.3, -0.25) is 9.78 Å². The Morgan fingerprint density at radius 2 is 2.35 bits per heavy atom. The molecule has 0 aliphatic rings. The number of amides is 1. The Balaban J connectivity index is 1.58. The Kier molecular flexibility index (Phi) is 5.94. The topological polar surface area (TPSA) is 67.8 Å². The minimum atomic E-state index is 0.0721. The van der Waals surface area contributed by atoms with E-state index in [4.69, 9.17) is 0 Å². The van der Waals surface area contributed by atoms with Crippen LogP contribution in [0, 0.1) is 6.92 Å². The van der Waals surface area contributed by atoms with Crippen molar-refractivity contribution in [3.63, 3.8) is 0 Å². The first-order chi connectivity index (χ1) is 9.74. The van der Waals surface area contributed by atoms with Gasteiger partial charge in [-0.15, -0.1) is 10.2 Å². The van der Waals surface area contributed by atoms with Gasteiger partial charge in [-0.05, 0) is 25.0 Å². The predicted molar refractivity (Wildman–Crippen MR) is 80.9 cm³/mol. The molecule has 2 aromatic rings. The number of nitrogens with zero attached hydrogens (tertiary/aromatic N) is 3.